The van der Waals surface area contributed by atoms with Crippen LogP contribution in [0.15, 0.2) is 30.5 Å². The highest BCUT2D eigenvalue weighted by Gasteiger charge is 2.31. The molecule has 1 aromatic heterocycles. The van der Waals surface area contributed by atoms with Crippen LogP contribution in [0.5, 0.6) is 0 Å². The van der Waals surface area contributed by atoms with Gasteiger partial charge in [0.05, 0.1) is 18.3 Å². The molecule has 0 N–H and O–H groups in total. The Kier molecular flexibility index (Phi) is 5.58. The molecule has 2 aliphatic heterocycles. The molecule has 1 aromatic carbocycles. The van der Waals surface area contributed by atoms with Crippen LogP contribution in [0.4, 0.5) is 0 Å². The monoisotopic (exact) mass is 394 g/mol. The molecule has 0 unspecified atom stereocenters. The largest absolute Gasteiger partial charge is 0.380 e. The Balaban J connectivity index is 1.47. The molecule has 2 aliphatic rings. The molecular formula is C22H26N4O3. The number of likely N-dealkylation sites (tertiary alicyclic amines) is 1. The SMILES string of the molecule is COCc1ccc(C(=O)N2CCc3nc([C@H]4CCCN4C(C)=O)ncc3C2)cc1. The normalized spacial score (nSPS) is 18.6. The molecule has 2 aromatic rings. The van der Waals surface area contributed by atoms with Gasteiger partial charge in [0.1, 0.15) is 0 Å². The first kappa shape index (κ1) is 19.5. The zero-order valence-electron chi connectivity index (χ0n) is 16.9. The number of carbonyl (C=O) groups is 2. The first-order valence-corrected chi connectivity index (χ1v) is 10.1. The third-order valence-electron chi connectivity index (χ3n) is 5.71. The van der Waals surface area contributed by atoms with E-state index >= 15 is 0 Å². The summed E-state index contributed by atoms with van der Waals surface area (Å²) in [5.74, 6) is 0.814. The van der Waals surface area contributed by atoms with Crippen molar-refractivity contribution in [3.63, 3.8) is 0 Å². The topological polar surface area (TPSA) is 75.6 Å². The molecule has 0 aliphatic carbocycles. The molecule has 1 fully saturated rings. The molecule has 0 saturated carbocycles. The Morgan fingerprint density at radius 3 is 2.72 bits per heavy atom. The van der Waals surface area contributed by atoms with E-state index in [-0.39, 0.29) is 17.9 Å². The van der Waals surface area contributed by atoms with Crippen molar-refractivity contribution < 1.29 is 14.3 Å². The third-order valence-corrected chi connectivity index (χ3v) is 5.71. The predicted molar refractivity (Wildman–Crippen MR) is 107 cm³/mol. The summed E-state index contributed by atoms with van der Waals surface area (Å²) in [6.07, 6.45) is 4.42. The van der Waals surface area contributed by atoms with E-state index < -0.39 is 0 Å². The Labute approximate surface area is 170 Å². The van der Waals surface area contributed by atoms with Crippen molar-refractivity contribution in [2.45, 2.75) is 45.4 Å². The van der Waals surface area contributed by atoms with Gasteiger partial charge < -0.3 is 14.5 Å². The van der Waals surface area contributed by atoms with Crippen LogP contribution in [-0.4, -0.2) is 51.8 Å². The van der Waals surface area contributed by atoms with Crippen LogP contribution >= 0.6 is 0 Å². The van der Waals surface area contributed by atoms with E-state index in [1.54, 1.807) is 14.0 Å². The predicted octanol–water partition coefficient (Wildman–Crippen LogP) is 2.50. The van der Waals surface area contributed by atoms with Crippen molar-refractivity contribution in [1.29, 1.82) is 0 Å². The lowest BCUT2D eigenvalue weighted by Gasteiger charge is -2.29. The van der Waals surface area contributed by atoms with Gasteiger partial charge in [-0.1, -0.05) is 12.1 Å². The number of benzene rings is 1. The average molecular weight is 394 g/mol. The number of nitrogens with zero attached hydrogens (tertiary/aromatic N) is 4. The van der Waals surface area contributed by atoms with E-state index in [0.717, 1.165) is 42.0 Å². The summed E-state index contributed by atoms with van der Waals surface area (Å²) in [7, 11) is 1.65. The highest BCUT2D eigenvalue weighted by atomic mass is 16.5. The van der Waals surface area contributed by atoms with Crippen molar-refractivity contribution in [2.24, 2.45) is 0 Å². The minimum absolute atomic E-state index is 0.0160. The quantitative estimate of drug-likeness (QED) is 0.796. The van der Waals surface area contributed by atoms with Crippen molar-refractivity contribution in [3.05, 3.63) is 58.7 Å². The van der Waals surface area contributed by atoms with Gasteiger partial charge in [-0.05, 0) is 30.5 Å². The first-order chi connectivity index (χ1) is 14.1. The van der Waals surface area contributed by atoms with Crippen LogP contribution < -0.4 is 0 Å². The fraction of sp³-hybridized carbons (Fsp3) is 0.455. The lowest BCUT2D eigenvalue weighted by atomic mass is 10.0. The molecule has 0 bridgehead atoms. The van der Waals surface area contributed by atoms with Crippen molar-refractivity contribution in [2.75, 3.05) is 20.2 Å². The lowest BCUT2D eigenvalue weighted by molar-refractivity contribution is -0.129. The van der Waals surface area contributed by atoms with E-state index in [1.807, 2.05) is 40.3 Å². The van der Waals surface area contributed by atoms with Gasteiger partial charge in [0.2, 0.25) is 5.91 Å². The van der Waals surface area contributed by atoms with Crippen LogP contribution in [0.1, 0.15) is 58.8 Å². The van der Waals surface area contributed by atoms with Crippen LogP contribution in [-0.2, 0) is 29.1 Å². The van der Waals surface area contributed by atoms with Gasteiger partial charge in [0.15, 0.2) is 5.82 Å². The highest BCUT2D eigenvalue weighted by molar-refractivity contribution is 5.94. The standard InChI is InChI=1S/C22H26N4O3/c1-15(27)26-10-3-4-20(26)21-23-12-18-13-25(11-9-19(18)24-21)22(28)17-7-5-16(6-8-17)14-29-2/h5-8,12,20H,3-4,9-11,13-14H2,1-2H3/t20-/m1/s1. The maximum Gasteiger partial charge on any atom is 0.254 e. The molecule has 7 nitrogen and oxygen atoms in total. The van der Waals surface area contributed by atoms with E-state index in [2.05, 4.69) is 4.98 Å². The Morgan fingerprint density at radius 2 is 2.00 bits per heavy atom. The number of carbonyl (C=O) groups excluding carboxylic acids is 2. The van der Waals surface area contributed by atoms with Crippen LogP contribution in [0.3, 0.4) is 0 Å². The minimum atomic E-state index is -0.0249. The summed E-state index contributed by atoms with van der Waals surface area (Å²) >= 11 is 0. The molecule has 0 radical (unpaired) electrons. The van der Waals surface area contributed by atoms with Gasteiger partial charge in [-0.25, -0.2) is 9.97 Å². The molecule has 1 saturated heterocycles. The van der Waals surface area contributed by atoms with Crippen LogP contribution in [0, 0.1) is 0 Å². The minimum Gasteiger partial charge on any atom is -0.380 e. The maximum atomic E-state index is 12.9. The van der Waals surface area contributed by atoms with E-state index in [4.69, 9.17) is 9.72 Å². The van der Waals surface area contributed by atoms with Gasteiger partial charge in [-0.2, -0.15) is 0 Å². The molecule has 3 heterocycles. The van der Waals surface area contributed by atoms with Gasteiger partial charge in [0.25, 0.3) is 5.91 Å². The first-order valence-electron chi connectivity index (χ1n) is 10.1. The van der Waals surface area contributed by atoms with Gasteiger partial charge >= 0.3 is 0 Å². The number of rotatable bonds is 4. The molecule has 0 spiro atoms. The summed E-state index contributed by atoms with van der Waals surface area (Å²) in [6.45, 7) is 4.04. The molecule has 29 heavy (non-hydrogen) atoms. The zero-order valence-corrected chi connectivity index (χ0v) is 16.9. The van der Waals surface area contributed by atoms with Gasteiger partial charge in [-0.15, -0.1) is 0 Å². The number of hydrogen-bond donors (Lipinski definition) is 0. The second-order valence-electron chi connectivity index (χ2n) is 7.68. The van der Waals surface area contributed by atoms with Crippen molar-refractivity contribution in [3.8, 4) is 0 Å². The Morgan fingerprint density at radius 1 is 1.21 bits per heavy atom. The summed E-state index contributed by atoms with van der Waals surface area (Å²) < 4.78 is 5.12. The van der Waals surface area contributed by atoms with Crippen LogP contribution in [0.2, 0.25) is 0 Å². The van der Waals surface area contributed by atoms with E-state index in [1.165, 1.54) is 0 Å². The van der Waals surface area contributed by atoms with Gasteiger partial charge in [-0.3, -0.25) is 9.59 Å². The fourth-order valence-corrected chi connectivity index (χ4v) is 4.17. The third kappa shape index (κ3) is 4.00. The second kappa shape index (κ2) is 8.29. The number of aromatic nitrogens is 2. The molecule has 152 valence electrons. The molecular weight excluding hydrogens is 368 g/mol. The molecule has 2 amide bonds. The number of amides is 2. The molecule has 4 rings (SSSR count). The summed E-state index contributed by atoms with van der Waals surface area (Å²) in [5, 5.41) is 0. The fourth-order valence-electron chi connectivity index (χ4n) is 4.17. The van der Waals surface area contributed by atoms with Crippen molar-refractivity contribution in [1.82, 2.24) is 19.8 Å². The zero-order chi connectivity index (χ0) is 20.4. The summed E-state index contributed by atoms with van der Waals surface area (Å²) in [4.78, 5) is 37.7. The number of fused-ring (bicyclic) bond motifs is 1. The van der Waals surface area contributed by atoms with E-state index in [9.17, 15) is 9.59 Å². The highest BCUT2D eigenvalue weighted by Crippen LogP contribution is 2.30. The number of methoxy groups -OCH3 is 1. The molecule has 1 atom stereocenters. The summed E-state index contributed by atoms with van der Waals surface area (Å²) in [6, 6.07) is 7.52. The molecule has 7 heteroatoms. The van der Waals surface area contributed by atoms with E-state index in [0.29, 0.717) is 31.7 Å². The maximum absolute atomic E-state index is 12.9. The summed E-state index contributed by atoms with van der Waals surface area (Å²) in [5.41, 5.74) is 3.69. The Hall–Kier alpha value is -2.80. The lowest BCUT2D eigenvalue weighted by Crippen LogP contribution is -2.37. The van der Waals surface area contributed by atoms with Crippen LogP contribution in [0.25, 0.3) is 0 Å². The second-order valence-corrected chi connectivity index (χ2v) is 7.68. The van der Waals surface area contributed by atoms with Crippen molar-refractivity contribution >= 4 is 11.8 Å². The number of hydrogen-bond acceptors (Lipinski definition) is 5. The Bertz CT molecular complexity index is 913. The average Bonchev–Trinajstić information content (AvgIpc) is 3.24. The smallest absolute Gasteiger partial charge is 0.254 e. The number of ether oxygens (including phenoxy) is 1. The van der Waals surface area contributed by atoms with Gasteiger partial charge in [0, 0.05) is 57.4 Å².